The monoisotopic (exact) mass is 905 g/mol. The van der Waals surface area contributed by atoms with Crippen molar-refractivity contribution in [3.05, 3.63) is 103 Å². The number of ether oxygens (including phenoxy) is 3. The van der Waals surface area contributed by atoms with Crippen LogP contribution in [0.15, 0.2) is 71.1 Å². The van der Waals surface area contributed by atoms with E-state index < -0.39 is 23.3 Å². The van der Waals surface area contributed by atoms with Gasteiger partial charge < -0.3 is 23.9 Å². The minimum atomic E-state index is -0.763. The maximum absolute atomic E-state index is 14.1. The van der Waals surface area contributed by atoms with E-state index in [1.54, 1.807) is 31.3 Å². The molecule has 0 saturated heterocycles. The van der Waals surface area contributed by atoms with Gasteiger partial charge in [0.05, 0.1) is 52.1 Å². The number of carbonyl (C=O) groups excluding carboxylic acids is 2. The highest BCUT2D eigenvalue weighted by molar-refractivity contribution is 14.1. The lowest BCUT2D eigenvalue weighted by Gasteiger charge is -2.39. The predicted octanol–water partition coefficient (Wildman–Crippen LogP) is 3.07. The van der Waals surface area contributed by atoms with Crippen LogP contribution in [0.5, 0.6) is 23.0 Å². The maximum atomic E-state index is 14.1. The number of ketones is 2. The molecule has 2 unspecified atom stereocenters. The van der Waals surface area contributed by atoms with Crippen molar-refractivity contribution in [3.8, 4) is 23.0 Å². The molecule has 2 aromatic carbocycles. The van der Waals surface area contributed by atoms with E-state index in [2.05, 4.69) is 4.98 Å². The van der Waals surface area contributed by atoms with E-state index in [9.17, 15) is 29.1 Å². The van der Waals surface area contributed by atoms with Crippen LogP contribution in [0, 0.1) is 3.57 Å². The first kappa shape index (κ1) is 34.0. The molecule has 0 amide bonds. The molecule has 1 aliphatic heterocycles. The Bertz CT molecular complexity index is 2470. The summed E-state index contributed by atoms with van der Waals surface area (Å²) < 4.78 is 22.1. The normalized spacial score (nSPS) is 18.4. The van der Waals surface area contributed by atoms with Crippen LogP contribution in [0.4, 0.5) is 0 Å². The molecule has 7 rings (SSSR count). The average Bonchev–Trinajstić information content (AvgIpc) is 3.36. The molecule has 1 N–H and O–H groups in total. The van der Waals surface area contributed by atoms with Gasteiger partial charge in [-0.2, -0.15) is 0 Å². The standard InChI is InChI=1S/C34H29I2N5O9/c1-38-23-14-26(49-3)25(48-2)13-21(23)37-20(32(38)45)6-7-39-33(46)40-8-5-16-22(41(40)34(39)47)11-17-24(42)12-19(36)31(44)29(17)28(16)15-9-18(35)30(43)27(10-15)50-4/h5,9-10,12-14,22,28,43H,6-8,11H2,1-4H3. The van der Waals surface area contributed by atoms with Crippen molar-refractivity contribution in [3.63, 3.8) is 0 Å². The SMILES string of the molecule is COc1cc2nc(CCn3c(=O)n4n(c3=O)C3CC5=C(C(=O)C(I)=CC5=O)C(c5cc(I)c(O)c(OC)c5)C3=CC4)c(=O)n(C)c2cc1OC. The van der Waals surface area contributed by atoms with E-state index in [4.69, 9.17) is 14.2 Å². The number of phenols is 1. The third-order valence-electron chi connectivity index (χ3n) is 9.51. The Labute approximate surface area is 310 Å². The first-order chi connectivity index (χ1) is 23.9. The van der Waals surface area contributed by atoms with Gasteiger partial charge in [0, 0.05) is 61.7 Å². The van der Waals surface area contributed by atoms with Gasteiger partial charge in [-0.1, -0.05) is 6.08 Å². The van der Waals surface area contributed by atoms with E-state index in [1.807, 2.05) is 51.3 Å². The van der Waals surface area contributed by atoms with Crippen molar-refractivity contribution in [1.29, 1.82) is 0 Å². The summed E-state index contributed by atoms with van der Waals surface area (Å²) in [7, 11) is 6.01. The number of nitrogens with zero attached hydrogens (tertiary/aromatic N) is 5. The zero-order chi connectivity index (χ0) is 35.8. The molecule has 50 heavy (non-hydrogen) atoms. The van der Waals surface area contributed by atoms with Gasteiger partial charge in [0.2, 0.25) is 0 Å². The number of methoxy groups -OCH3 is 3. The number of aromatic nitrogens is 5. The van der Waals surface area contributed by atoms with Crippen molar-refractivity contribution in [2.24, 2.45) is 7.05 Å². The summed E-state index contributed by atoms with van der Waals surface area (Å²) in [4.78, 5) is 72.9. The molecule has 2 aliphatic carbocycles. The van der Waals surface area contributed by atoms with Crippen LogP contribution in [0.3, 0.4) is 0 Å². The Balaban J connectivity index is 1.31. The summed E-state index contributed by atoms with van der Waals surface area (Å²) in [6.45, 7) is -0.0954. The molecule has 3 heterocycles. The van der Waals surface area contributed by atoms with Gasteiger partial charge in [-0.3, -0.25) is 14.4 Å². The van der Waals surface area contributed by atoms with Crippen molar-refractivity contribution in [2.45, 2.75) is 37.9 Å². The van der Waals surface area contributed by atoms with Crippen molar-refractivity contribution >= 4 is 67.8 Å². The van der Waals surface area contributed by atoms with Crippen LogP contribution in [0.2, 0.25) is 0 Å². The number of Topliss-reactive ketones (excluding diaryl/α,β-unsaturated/α-hetero) is 1. The predicted molar refractivity (Wildman–Crippen MR) is 198 cm³/mol. The minimum Gasteiger partial charge on any atom is -0.504 e. The van der Waals surface area contributed by atoms with Gasteiger partial charge in [0.1, 0.15) is 5.69 Å². The highest BCUT2D eigenvalue weighted by atomic mass is 127. The van der Waals surface area contributed by atoms with Crippen molar-refractivity contribution in [2.75, 3.05) is 21.3 Å². The summed E-state index contributed by atoms with van der Waals surface area (Å²) in [6, 6.07) is 5.89. The zero-order valence-electron chi connectivity index (χ0n) is 27.2. The minimum absolute atomic E-state index is 0.0129. The Hall–Kier alpha value is -4.46. The zero-order valence-corrected chi connectivity index (χ0v) is 31.5. The average molecular weight is 905 g/mol. The van der Waals surface area contributed by atoms with Gasteiger partial charge in [-0.15, -0.1) is 0 Å². The molecule has 3 aliphatic rings. The van der Waals surface area contributed by atoms with E-state index in [0.29, 0.717) is 42.8 Å². The van der Waals surface area contributed by atoms with E-state index >= 15 is 0 Å². The second-order valence-electron chi connectivity index (χ2n) is 12.0. The summed E-state index contributed by atoms with van der Waals surface area (Å²) in [5.41, 5.74) is 1.41. The molecular weight excluding hydrogens is 876 g/mol. The molecule has 0 fully saturated rings. The molecule has 0 bridgehead atoms. The van der Waals surface area contributed by atoms with Crippen LogP contribution < -0.4 is 31.1 Å². The Kier molecular flexibility index (Phi) is 8.64. The number of carbonyl (C=O) groups is 2. The number of benzene rings is 2. The number of allylic oxidation sites excluding steroid dienone is 6. The second-order valence-corrected chi connectivity index (χ2v) is 14.3. The lowest BCUT2D eigenvalue weighted by atomic mass is 9.69. The van der Waals surface area contributed by atoms with Gasteiger partial charge in [-0.05, 0) is 68.5 Å². The number of hydrogen-bond donors (Lipinski definition) is 1. The van der Waals surface area contributed by atoms with Crippen molar-refractivity contribution < 1.29 is 28.9 Å². The van der Waals surface area contributed by atoms with E-state index in [-0.39, 0.29) is 69.4 Å². The van der Waals surface area contributed by atoms with Crippen LogP contribution >= 0.6 is 45.2 Å². The molecule has 0 radical (unpaired) electrons. The smallest absolute Gasteiger partial charge is 0.347 e. The molecule has 14 nitrogen and oxygen atoms in total. The molecule has 0 spiro atoms. The number of rotatable bonds is 7. The van der Waals surface area contributed by atoms with Crippen LogP contribution in [0.25, 0.3) is 11.0 Å². The fourth-order valence-corrected chi connectivity index (χ4v) is 8.29. The molecule has 4 aromatic rings. The quantitative estimate of drug-likeness (QED) is 0.166. The number of phenolic OH excluding ortho intramolecular Hbond substituents is 1. The Morgan fingerprint density at radius 1 is 0.940 bits per heavy atom. The van der Waals surface area contributed by atoms with Crippen LogP contribution in [-0.2, 0) is 36.1 Å². The molecule has 2 aromatic heterocycles. The van der Waals surface area contributed by atoms with E-state index in [0.717, 1.165) is 4.57 Å². The Morgan fingerprint density at radius 2 is 1.64 bits per heavy atom. The highest BCUT2D eigenvalue weighted by Crippen LogP contribution is 2.51. The number of aryl methyl sites for hydroxylation is 2. The first-order valence-electron chi connectivity index (χ1n) is 15.4. The fourth-order valence-electron chi connectivity index (χ4n) is 7.09. The van der Waals surface area contributed by atoms with Crippen LogP contribution in [-0.4, -0.2) is 61.5 Å². The molecule has 0 saturated carbocycles. The van der Waals surface area contributed by atoms with Crippen molar-refractivity contribution in [1.82, 2.24) is 23.5 Å². The first-order valence-corrected chi connectivity index (χ1v) is 17.5. The lowest BCUT2D eigenvalue weighted by molar-refractivity contribution is -0.115. The third kappa shape index (κ3) is 5.16. The topological polar surface area (TPSA) is 166 Å². The number of aromatic hydroxyl groups is 1. The van der Waals surface area contributed by atoms with Gasteiger partial charge >= 0.3 is 11.4 Å². The number of fused-ring (bicyclic) bond motifs is 4. The second kappa shape index (κ2) is 12.7. The lowest BCUT2D eigenvalue weighted by Crippen LogP contribution is -2.40. The largest absolute Gasteiger partial charge is 0.504 e. The summed E-state index contributed by atoms with van der Waals surface area (Å²) in [5, 5.41) is 10.6. The van der Waals surface area contributed by atoms with Gasteiger partial charge in [0.15, 0.2) is 34.6 Å². The Morgan fingerprint density at radius 3 is 2.34 bits per heavy atom. The number of hydrogen-bond acceptors (Lipinski definition) is 10. The maximum Gasteiger partial charge on any atom is 0.347 e. The molecule has 2 atom stereocenters. The van der Waals surface area contributed by atoms with Gasteiger partial charge in [0.25, 0.3) is 5.56 Å². The van der Waals surface area contributed by atoms with Crippen LogP contribution in [0.1, 0.15) is 29.6 Å². The van der Waals surface area contributed by atoms with E-state index in [1.165, 1.54) is 41.3 Å². The highest BCUT2D eigenvalue weighted by Gasteiger charge is 2.45. The third-order valence-corrected chi connectivity index (χ3v) is 11.1. The fraction of sp³-hybridized carbons (Fsp3) is 0.294. The summed E-state index contributed by atoms with van der Waals surface area (Å²) in [6.07, 6.45) is 3.13. The molecule has 16 heteroatoms. The molecular formula is C34H29I2N5O9. The summed E-state index contributed by atoms with van der Waals surface area (Å²) in [5.74, 6) is -0.377. The molecule has 258 valence electrons. The van der Waals surface area contributed by atoms with Gasteiger partial charge in [-0.25, -0.2) is 28.5 Å². The summed E-state index contributed by atoms with van der Waals surface area (Å²) >= 11 is 3.83. The number of halogens is 2.